The number of benzene rings is 1. The minimum Gasteiger partial charge on any atom is -0.394 e. The summed E-state index contributed by atoms with van der Waals surface area (Å²) in [7, 11) is 1.52. The highest BCUT2D eigenvalue weighted by Gasteiger charge is 2.18. The first-order valence-corrected chi connectivity index (χ1v) is 8.34. The smallest absolute Gasteiger partial charge is 0.274 e. The fourth-order valence-corrected chi connectivity index (χ4v) is 2.71. The summed E-state index contributed by atoms with van der Waals surface area (Å²) < 4.78 is 1.16. The Balaban J connectivity index is 2.36. The summed E-state index contributed by atoms with van der Waals surface area (Å²) in [6, 6.07) is 6.57. The molecule has 0 aliphatic carbocycles. The molecule has 0 saturated carbocycles. The molecule has 0 aliphatic heterocycles. The number of aliphatic hydroxyl groups excluding tert-OH is 1. The summed E-state index contributed by atoms with van der Waals surface area (Å²) in [6.07, 6.45) is 2.64. The third kappa shape index (κ3) is 3.48. The number of carbonyl (C=O) groups excluding carboxylic acids is 1. The number of aryl methyl sites for hydroxylation is 1. The summed E-state index contributed by atoms with van der Waals surface area (Å²) in [4.78, 5) is 24.5. The number of aliphatic hydroxyl groups is 1. The molecular formula is C15H19N3O3S. The molecule has 0 bridgehead atoms. The van der Waals surface area contributed by atoms with Crippen molar-refractivity contribution in [2.45, 2.75) is 12.5 Å². The normalized spacial score (nSPS) is 12.3. The van der Waals surface area contributed by atoms with E-state index in [1.54, 1.807) is 36.0 Å². The standard InChI is InChI=1S/C15H19N3O3S/c1-18-15(21)12-6-4-3-5-11(12)13(17-18)14(20)16-10(9-19)7-8-22-2/h3-6,10,19H,7-9H2,1-2H3,(H,16,20)/t10-/m0/s1. The first kappa shape index (κ1) is 16.5. The zero-order chi connectivity index (χ0) is 16.1. The Morgan fingerprint density at radius 3 is 2.73 bits per heavy atom. The van der Waals surface area contributed by atoms with Crippen LogP contribution in [0.2, 0.25) is 0 Å². The fraction of sp³-hybridized carbons (Fsp3) is 0.400. The van der Waals surface area contributed by atoms with Crippen LogP contribution in [0.1, 0.15) is 16.9 Å². The van der Waals surface area contributed by atoms with Crippen LogP contribution in [0, 0.1) is 0 Å². The molecular weight excluding hydrogens is 302 g/mol. The number of amides is 1. The number of hydrogen-bond acceptors (Lipinski definition) is 5. The number of nitrogens with one attached hydrogen (secondary N) is 1. The third-order valence-electron chi connectivity index (χ3n) is 3.40. The predicted molar refractivity (Wildman–Crippen MR) is 88.3 cm³/mol. The highest BCUT2D eigenvalue weighted by Crippen LogP contribution is 2.13. The molecule has 2 rings (SSSR count). The Morgan fingerprint density at radius 1 is 1.41 bits per heavy atom. The Morgan fingerprint density at radius 2 is 2.09 bits per heavy atom. The number of hydrogen-bond donors (Lipinski definition) is 2. The van der Waals surface area contributed by atoms with Gasteiger partial charge < -0.3 is 10.4 Å². The van der Waals surface area contributed by atoms with Gasteiger partial charge in [-0.3, -0.25) is 9.59 Å². The molecule has 1 aromatic carbocycles. The Bertz CT molecular complexity index is 730. The zero-order valence-electron chi connectivity index (χ0n) is 12.6. The van der Waals surface area contributed by atoms with Gasteiger partial charge in [0.25, 0.3) is 11.5 Å². The van der Waals surface area contributed by atoms with Gasteiger partial charge in [0.15, 0.2) is 5.69 Å². The van der Waals surface area contributed by atoms with E-state index in [-0.39, 0.29) is 29.8 Å². The van der Waals surface area contributed by atoms with Crippen molar-refractivity contribution in [2.75, 3.05) is 18.6 Å². The largest absolute Gasteiger partial charge is 0.394 e. The average Bonchev–Trinajstić information content (AvgIpc) is 2.54. The van der Waals surface area contributed by atoms with Gasteiger partial charge in [0.2, 0.25) is 0 Å². The highest BCUT2D eigenvalue weighted by molar-refractivity contribution is 7.98. The van der Waals surface area contributed by atoms with Gasteiger partial charge in [-0.2, -0.15) is 16.9 Å². The molecule has 0 saturated heterocycles. The van der Waals surface area contributed by atoms with Gasteiger partial charge in [-0.1, -0.05) is 18.2 Å². The van der Waals surface area contributed by atoms with Gasteiger partial charge in [-0.15, -0.1) is 0 Å². The van der Waals surface area contributed by atoms with Gasteiger partial charge in [-0.25, -0.2) is 4.68 Å². The SMILES string of the molecule is CSCC[C@@H](CO)NC(=O)c1nn(C)c(=O)c2ccccc12. The van der Waals surface area contributed by atoms with Crippen molar-refractivity contribution in [2.24, 2.45) is 7.05 Å². The van der Waals surface area contributed by atoms with Crippen LogP contribution >= 0.6 is 11.8 Å². The van der Waals surface area contributed by atoms with Crippen molar-refractivity contribution in [1.82, 2.24) is 15.1 Å². The summed E-state index contributed by atoms with van der Waals surface area (Å²) >= 11 is 1.65. The summed E-state index contributed by atoms with van der Waals surface area (Å²) in [5, 5.41) is 17.2. The predicted octanol–water partition coefficient (Wildman–Crippen LogP) is 0.777. The van der Waals surface area contributed by atoms with Crippen LogP contribution < -0.4 is 10.9 Å². The first-order valence-electron chi connectivity index (χ1n) is 6.95. The van der Waals surface area contributed by atoms with E-state index in [4.69, 9.17) is 0 Å². The Kier molecular flexibility index (Phi) is 5.57. The number of rotatable bonds is 6. The van der Waals surface area contributed by atoms with Crippen molar-refractivity contribution < 1.29 is 9.90 Å². The van der Waals surface area contributed by atoms with E-state index < -0.39 is 0 Å². The van der Waals surface area contributed by atoms with E-state index in [1.807, 2.05) is 6.26 Å². The number of carbonyl (C=O) groups is 1. The van der Waals surface area contributed by atoms with E-state index in [0.29, 0.717) is 17.2 Å². The van der Waals surface area contributed by atoms with Gasteiger partial charge in [0.05, 0.1) is 18.0 Å². The molecule has 2 N–H and O–H groups in total. The maximum Gasteiger partial charge on any atom is 0.274 e. The zero-order valence-corrected chi connectivity index (χ0v) is 13.4. The number of nitrogens with zero attached hydrogens (tertiary/aromatic N) is 2. The van der Waals surface area contributed by atoms with E-state index in [9.17, 15) is 14.7 Å². The lowest BCUT2D eigenvalue weighted by Crippen LogP contribution is -2.39. The topological polar surface area (TPSA) is 84.2 Å². The third-order valence-corrected chi connectivity index (χ3v) is 4.04. The van der Waals surface area contributed by atoms with E-state index in [1.165, 1.54) is 7.05 Å². The molecule has 1 amide bonds. The Hall–Kier alpha value is -1.86. The lowest BCUT2D eigenvalue weighted by atomic mass is 10.1. The molecule has 1 atom stereocenters. The fourth-order valence-electron chi connectivity index (χ4n) is 2.19. The molecule has 0 unspecified atom stereocenters. The molecule has 1 heterocycles. The Labute approximate surface area is 132 Å². The molecule has 0 spiro atoms. The highest BCUT2D eigenvalue weighted by atomic mass is 32.2. The first-order chi connectivity index (χ1) is 10.6. The van der Waals surface area contributed by atoms with Crippen LogP contribution in [0.25, 0.3) is 10.8 Å². The van der Waals surface area contributed by atoms with Gasteiger partial charge in [0.1, 0.15) is 0 Å². The summed E-state index contributed by atoms with van der Waals surface area (Å²) in [6.45, 7) is -0.129. The maximum absolute atomic E-state index is 12.4. The van der Waals surface area contributed by atoms with Crippen molar-refractivity contribution in [3.63, 3.8) is 0 Å². The molecule has 1 aromatic heterocycles. The van der Waals surface area contributed by atoms with E-state index in [2.05, 4.69) is 10.4 Å². The number of fused-ring (bicyclic) bond motifs is 1. The summed E-state index contributed by atoms with van der Waals surface area (Å²) in [5.41, 5.74) is -0.0476. The van der Waals surface area contributed by atoms with Crippen molar-refractivity contribution in [1.29, 1.82) is 0 Å². The molecule has 7 heteroatoms. The van der Waals surface area contributed by atoms with Crippen molar-refractivity contribution in [3.05, 3.63) is 40.3 Å². The number of thioether (sulfide) groups is 1. The lowest BCUT2D eigenvalue weighted by Gasteiger charge is -2.16. The molecule has 118 valence electrons. The van der Waals surface area contributed by atoms with Crippen LogP contribution in [0.4, 0.5) is 0 Å². The molecule has 0 aliphatic rings. The minimum absolute atomic E-state index is 0.129. The van der Waals surface area contributed by atoms with Gasteiger partial charge >= 0.3 is 0 Å². The van der Waals surface area contributed by atoms with Gasteiger partial charge in [0, 0.05) is 12.4 Å². The molecule has 0 fully saturated rings. The molecule has 2 aromatic rings. The van der Waals surface area contributed by atoms with E-state index >= 15 is 0 Å². The maximum atomic E-state index is 12.4. The van der Waals surface area contributed by atoms with Crippen molar-refractivity contribution >= 4 is 28.4 Å². The lowest BCUT2D eigenvalue weighted by molar-refractivity contribution is 0.0910. The molecule has 22 heavy (non-hydrogen) atoms. The van der Waals surface area contributed by atoms with Crippen LogP contribution in [0.15, 0.2) is 29.1 Å². The van der Waals surface area contributed by atoms with Crippen molar-refractivity contribution in [3.8, 4) is 0 Å². The van der Waals surface area contributed by atoms with Gasteiger partial charge in [-0.05, 0) is 24.5 Å². The number of aromatic nitrogens is 2. The average molecular weight is 321 g/mol. The van der Waals surface area contributed by atoms with Crippen LogP contribution in [0.5, 0.6) is 0 Å². The molecule has 6 nitrogen and oxygen atoms in total. The second kappa shape index (κ2) is 7.42. The summed E-state index contributed by atoms with van der Waals surface area (Å²) in [5.74, 6) is 0.458. The van der Waals surface area contributed by atoms with Crippen LogP contribution in [-0.4, -0.2) is 45.5 Å². The van der Waals surface area contributed by atoms with Crippen LogP contribution in [0.3, 0.4) is 0 Å². The second-order valence-corrected chi connectivity index (χ2v) is 5.94. The van der Waals surface area contributed by atoms with Crippen LogP contribution in [-0.2, 0) is 7.05 Å². The van der Waals surface area contributed by atoms with E-state index in [0.717, 1.165) is 10.4 Å². The molecule has 0 radical (unpaired) electrons. The second-order valence-electron chi connectivity index (χ2n) is 4.96. The quantitative estimate of drug-likeness (QED) is 0.821. The minimum atomic E-state index is -0.382. The monoisotopic (exact) mass is 321 g/mol.